The molecule has 4 unspecified atom stereocenters. The monoisotopic (exact) mass is 205 g/mol. The predicted molar refractivity (Wildman–Crippen MR) is 48.7 cm³/mol. The molecule has 0 aromatic rings. The number of nitrogens with zero attached hydrogens (tertiary/aromatic N) is 1. The van der Waals surface area contributed by atoms with E-state index in [1.165, 1.54) is 6.92 Å². The van der Waals surface area contributed by atoms with Crippen molar-refractivity contribution >= 4 is 0 Å². The van der Waals surface area contributed by atoms with Gasteiger partial charge in [-0.2, -0.15) is 5.06 Å². The van der Waals surface area contributed by atoms with Crippen LogP contribution in [0.5, 0.6) is 0 Å². The molecular weight excluding hydrogens is 188 g/mol. The molecular formula is C10H17F2NO. The number of fused-ring (bicyclic) bond motifs is 2. The highest BCUT2D eigenvalue weighted by atomic mass is 19.2. The van der Waals surface area contributed by atoms with Gasteiger partial charge in [0, 0.05) is 18.5 Å². The Morgan fingerprint density at radius 1 is 1.29 bits per heavy atom. The van der Waals surface area contributed by atoms with Crippen LogP contribution in [0.2, 0.25) is 0 Å². The van der Waals surface area contributed by atoms with Gasteiger partial charge in [0.05, 0.1) is 0 Å². The molecule has 0 aromatic heterocycles. The summed E-state index contributed by atoms with van der Waals surface area (Å²) in [5, 5.41) is 10.8. The minimum atomic E-state index is -1.47. The molecule has 1 N–H and O–H groups in total. The standard InChI is InChI=1S/C10H17F2NO/c1-7-3-10(12)5-8(13(7)14)4-9(2,11)6-10/h7-8,14H,3-6H2,1-2H3. The van der Waals surface area contributed by atoms with Crippen LogP contribution in [0.15, 0.2) is 0 Å². The fraction of sp³-hybridized carbons (Fsp3) is 1.00. The molecule has 2 fully saturated rings. The first-order chi connectivity index (χ1) is 6.31. The van der Waals surface area contributed by atoms with Gasteiger partial charge in [-0.25, -0.2) is 8.78 Å². The maximum absolute atomic E-state index is 14.1. The van der Waals surface area contributed by atoms with Gasteiger partial charge in [0.15, 0.2) is 0 Å². The summed E-state index contributed by atoms with van der Waals surface area (Å²) in [6.45, 7) is 3.21. The van der Waals surface area contributed by atoms with Crippen LogP contribution in [0, 0.1) is 0 Å². The predicted octanol–water partition coefficient (Wildman–Crippen LogP) is 2.46. The van der Waals surface area contributed by atoms with Gasteiger partial charge in [0.2, 0.25) is 0 Å². The Labute approximate surface area is 82.9 Å². The molecule has 0 aromatic carbocycles. The van der Waals surface area contributed by atoms with E-state index >= 15 is 0 Å². The summed E-state index contributed by atoms with van der Waals surface area (Å²) in [4.78, 5) is 0. The van der Waals surface area contributed by atoms with Gasteiger partial charge in [-0.1, -0.05) is 0 Å². The second-order valence-electron chi connectivity index (χ2n) is 5.24. The van der Waals surface area contributed by atoms with Crippen LogP contribution in [0.25, 0.3) is 0 Å². The summed E-state index contributed by atoms with van der Waals surface area (Å²) in [6.07, 6.45) is 0.723. The molecule has 2 bridgehead atoms. The van der Waals surface area contributed by atoms with E-state index in [0.29, 0.717) is 0 Å². The van der Waals surface area contributed by atoms with Crippen LogP contribution >= 0.6 is 0 Å². The van der Waals surface area contributed by atoms with Crippen molar-refractivity contribution in [2.24, 2.45) is 0 Å². The van der Waals surface area contributed by atoms with Crippen LogP contribution in [0.1, 0.15) is 39.5 Å². The van der Waals surface area contributed by atoms with Crippen molar-refractivity contribution in [3.05, 3.63) is 0 Å². The largest absolute Gasteiger partial charge is 0.313 e. The number of hydroxylamine groups is 2. The molecule has 14 heavy (non-hydrogen) atoms. The van der Waals surface area contributed by atoms with Gasteiger partial charge >= 0.3 is 0 Å². The van der Waals surface area contributed by atoms with E-state index in [-0.39, 0.29) is 37.8 Å². The Kier molecular flexibility index (Phi) is 2.13. The Bertz CT molecular complexity index is 240. The van der Waals surface area contributed by atoms with Crippen molar-refractivity contribution in [3.8, 4) is 0 Å². The lowest BCUT2D eigenvalue weighted by Gasteiger charge is -2.50. The fourth-order valence-corrected chi connectivity index (χ4v) is 3.12. The SMILES string of the molecule is CC1CC2(F)CC(CC(C)(F)C2)N1O. The highest BCUT2D eigenvalue weighted by Crippen LogP contribution is 2.47. The van der Waals surface area contributed by atoms with E-state index in [9.17, 15) is 14.0 Å². The average Bonchev–Trinajstić information content (AvgIpc) is 1.95. The summed E-state index contributed by atoms with van der Waals surface area (Å²) >= 11 is 0. The van der Waals surface area contributed by atoms with Gasteiger partial charge in [-0.3, -0.25) is 0 Å². The second-order valence-corrected chi connectivity index (χ2v) is 5.24. The molecule has 0 radical (unpaired) electrons. The lowest BCUT2D eigenvalue weighted by molar-refractivity contribution is -0.226. The van der Waals surface area contributed by atoms with E-state index in [1.54, 1.807) is 6.92 Å². The Hall–Kier alpha value is -0.220. The van der Waals surface area contributed by atoms with E-state index in [0.717, 1.165) is 5.06 Å². The normalized spacial score (nSPS) is 54.6. The Morgan fingerprint density at radius 2 is 1.93 bits per heavy atom. The molecule has 0 amide bonds. The molecule has 2 rings (SSSR count). The van der Waals surface area contributed by atoms with E-state index in [4.69, 9.17) is 0 Å². The lowest BCUT2D eigenvalue weighted by atomic mass is 9.70. The smallest absolute Gasteiger partial charge is 0.117 e. The molecule has 1 saturated carbocycles. The van der Waals surface area contributed by atoms with Gasteiger partial charge in [0.25, 0.3) is 0 Å². The first-order valence-corrected chi connectivity index (χ1v) is 5.16. The summed E-state index contributed by atoms with van der Waals surface area (Å²) in [6, 6.07) is -0.553. The van der Waals surface area contributed by atoms with Crippen molar-refractivity contribution in [3.63, 3.8) is 0 Å². The maximum atomic E-state index is 14.1. The zero-order chi connectivity index (χ0) is 10.6. The Balaban J connectivity index is 2.22. The second kappa shape index (κ2) is 2.89. The number of hydrogen-bond donors (Lipinski definition) is 1. The van der Waals surface area contributed by atoms with E-state index < -0.39 is 11.3 Å². The lowest BCUT2D eigenvalue weighted by Crippen LogP contribution is -2.58. The summed E-state index contributed by atoms with van der Waals surface area (Å²) < 4.78 is 27.9. The summed E-state index contributed by atoms with van der Waals surface area (Å²) in [5.74, 6) is 0. The molecule has 82 valence electrons. The van der Waals surface area contributed by atoms with Crippen LogP contribution in [-0.4, -0.2) is 33.7 Å². The van der Waals surface area contributed by atoms with Crippen LogP contribution in [0.4, 0.5) is 8.78 Å². The number of piperidine rings is 1. The fourth-order valence-electron chi connectivity index (χ4n) is 3.12. The minimum absolute atomic E-state index is 0.0192. The van der Waals surface area contributed by atoms with Crippen molar-refractivity contribution in [2.45, 2.75) is 63.0 Å². The molecule has 1 saturated heterocycles. The van der Waals surface area contributed by atoms with Gasteiger partial charge < -0.3 is 5.21 Å². The molecule has 1 aliphatic carbocycles. The highest BCUT2D eigenvalue weighted by molar-refractivity contribution is 5.04. The molecule has 2 aliphatic rings. The minimum Gasteiger partial charge on any atom is -0.313 e. The molecule has 1 aliphatic heterocycles. The third-order valence-electron chi connectivity index (χ3n) is 3.44. The van der Waals surface area contributed by atoms with Gasteiger partial charge in [-0.15, -0.1) is 0 Å². The third-order valence-corrected chi connectivity index (χ3v) is 3.44. The number of halogens is 2. The Morgan fingerprint density at radius 3 is 2.57 bits per heavy atom. The number of rotatable bonds is 0. The summed E-state index contributed by atoms with van der Waals surface area (Å²) in [7, 11) is 0. The average molecular weight is 205 g/mol. The van der Waals surface area contributed by atoms with Crippen LogP contribution < -0.4 is 0 Å². The zero-order valence-corrected chi connectivity index (χ0v) is 8.63. The van der Waals surface area contributed by atoms with Crippen LogP contribution in [0.3, 0.4) is 0 Å². The molecule has 4 heteroatoms. The first kappa shape index (κ1) is 10.3. The van der Waals surface area contributed by atoms with Gasteiger partial charge in [-0.05, 0) is 33.1 Å². The van der Waals surface area contributed by atoms with Crippen molar-refractivity contribution in [2.75, 3.05) is 0 Å². The quantitative estimate of drug-likeness (QED) is 0.656. The molecule has 0 spiro atoms. The molecule has 1 heterocycles. The maximum Gasteiger partial charge on any atom is 0.117 e. The molecule has 4 atom stereocenters. The van der Waals surface area contributed by atoms with E-state index in [1.807, 2.05) is 0 Å². The summed E-state index contributed by atoms with van der Waals surface area (Å²) in [5.41, 5.74) is -2.89. The van der Waals surface area contributed by atoms with Crippen molar-refractivity contribution < 1.29 is 14.0 Å². The van der Waals surface area contributed by atoms with E-state index in [2.05, 4.69) is 0 Å². The van der Waals surface area contributed by atoms with Crippen molar-refractivity contribution in [1.82, 2.24) is 5.06 Å². The number of alkyl halides is 2. The highest BCUT2D eigenvalue weighted by Gasteiger charge is 2.53. The van der Waals surface area contributed by atoms with Crippen LogP contribution in [-0.2, 0) is 0 Å². The topological polar surface area (TPSA) is 23.5 Å². The zero-order valence-electron chi connectivity index (χ0n) is 8.63. The third kappa shape index (κ3) is 1.65. The first-order valence-electron chi connectivity index (χ1n) is 5.16. The van der Waals surface area contributed by atoms with Crippen molar-refractivity contribution in [1.29, 1.82) is 0 Å². The molecule has 2 nitrogen and oxygen atoms in total. The van der Waals surface area contributed by atoms with Gasteiger partial charge in [0.1, 0.15) is 11.3 Å². The number of hydrogen-bond acceptors (Lipinski definition) is 2.